The van der Waals surface area contributed by atoms with Crippen molar-refractivity contribution in [2.75, 3.05) is 20.3 Å². The van der Waals surface area contributed by atoms with Crippen LogP contribution in [0, 0.1) is 0 Å². The minimum absolute atomic E-state index is 0.0115. The Balaban J connectivity index is 1.90. The summed E-state index contributed by atoms with van der Waals surface area (Å²) in [5, 5.41) is 16.1. The first-order valence-corrected chi connectivity index (χ1v) is 9.71. The SMILES string of the molecule is COCC(=O)NC1C(c2cccs2)N(Cc2ccccc2)CCC1(C)O. The van der Waals surface area contributed by atoms with E-state index in [0.29, 0.717) is 6.42 Å². The second kappa shape index (κ2) is 8.31. The number of nitrogens with zero attached hydrogens (tertiary/aromatic N) is 1. The van der Waals surface area contributed by atoms with Crippen LogP contribution in [0.3, 0.4) is 0 Å². The second-order valence-electron chi connectivity index (χ2n) is 7.00. The number of hydrogen-bond donors (Lipinski definition) is 2. The van der Waals surface area contributed by atoms with Crippen LogP contribution in [0.1, 0.15) is 29.8 Å². The summed E-state index contributed by atoms with van der Waals surface area (Å²) in [7, 11) is 1.50. The lowest BCUT2D eigenvalue weighted by Crippen LogP contribution is -2.62. The van der Waals surface area contributed by atoms with Crippen LogP contribution in [0.15, 0.2) is 47.8 Å². The normalized spacial score (nSPS) is 26.6. The molecule has 1 aromatic heterocycles. The summed E-state index contributed by atoms with van der Waals surface area (Å²) >= 11 is 1.65. The molecule has 0 bridgehead atoms. The van der Waals surface area contributed by atoms with Crippen molar-refractivity contribution >= 4 is 17.2 Å². The first kappa shape index (κ1) is 19.0. The number of nitrogens with one attached hydrogen (secondary N) is 1. The van der Waals surface area contributed by atoms with Crippen molar-refractivity contribution in [2.24, 2.45) is 0 Å². The summed E-state index contributed by atoms with van der Waals surface area (Å²) in [5.41, 5.74) is 0.239. The van der Waals surface area contributed by atoms with Crippen LogP contribution < -0.4 is 5.32 Å². The van der Waals surface area contributed by atoms with Crippen LogP contribution in [-0.4, -0.2) is 47.8 Å². The molecule has 1 saturated heterocycles. The fraction of sp³-hybridized carbons (Fsp3) is 0.450. The highest BCUT2D eigenvalue weighted by atomic mass is 32.1. The van der Waals surface area contributed by atoms with E-state index in [1.165, 1.54) is 12.7 Å². The molecule has 0 aliphatic carbocycles. The van der Waals surface area contributed by atoms with E-state index in [2.05, 4.69) is 28.4 Å². The number of amides is 1. The first-order chi connectivity index (χ1) is 12.5. The van der Waals surface area contributed by atoms with Crippen LogP contribution in [-0.2, 0) is 16.1 Å². The number of thiophene rings is 1. The van der Waals surface area contributed by atoms with Crippen LogP contribution in [0.2, 0.25) is 0 Å². The zero-order valence-electron chi connectivity index (χ0n) is 15.2. The number of methoxy groups -OCH3 is 1. The number of ether oxygens (including phenoxy) is 1. The van der Waals surface area contributed by atoms with E-state index in [9.17, 15) is 9.90 Å². The van der Waals surface area contributed by atoms with Gasteiger partial charge in [0.2, 0.25) is 5.91 Å². The first-order valence-electron chi connectivity index (χ1n) is 8.83. The Bertz CT molecular complexity index is 703. The molecule has 0 radical (unpaired) electrons. The van der Waals surface area contributed by atoms with E-state index in [4.69, 9.17) is 4.74 Å². The summed E-state index contributed by atoms with van der Waals surface area (Å²) in [4.78, 5) is 15.7. The van der Waals surface area contributed by atoms with Gasteiger partial charge in [0.05, 0.1) is 17.7 Å². The largest absolute Gasteiger partial charge is 0.388 e. The number of carbonyl (C=O) groups is 1. The number of likely N-dealkylation sites (tertiary alicyclic amines) is 1. The van der Waals surface area contributed by atoms with Crippen molar-refractivity contribution in [1.29, 1.82) is 0 Å². The summed E-state index contributed by atoms with van der Waals surface area (Å²) in [6, 6.07) is 13.9. The molecule has 1 aliphatic rings. The Morgan fingerprint density at radius 2 is 2.12 bits per heavy atom. The lowest BCUT2D eigenvalue weighted by Gasteiger charge is -2.48. The molecular weight excluding hydrogens is 348 g/mol. The molecule has 1 aromatic carbocycles. The predicted molar refractivity (Wildman–Crippen MR) is 103 cm³/mol. The third kappa shape index (κ3) is 4.32. The molecule has 26 heavy (non-hydrogen) atoms. The molecule has 0 spiro atoms. The minimum atomic E-state index is -0.981. The summed E-state index contributed by atoms with van der Waals surface area (Å²) in [5.74, 6) is -0.208. The third-order valence-electron chi connectivity index (χ3n) is 4.94. The molecule has 5 nitrogen and oxygen atoms in total. The van der Waals surface area contributed by atoms with Gasteiger partial charge in [-0.1, -0.05) is 36.4 Å². The van der Waals surface area contributed by atoms with Crippen molar-refractivity contribution < 1.29 is 14.6 Å². The molecule has 3 rings (SSSR count). The van der Waals surface area contributed by atoms with Crippen molar-refractivity contribution in [3.8, 4) is 0 Å². The average molecular weight is 375 g/mol. The van der Waals surface area contributed by atoms with Crippen LogP contribution in [0.4, 0.5) is 0 Å². The van der Waals surface area contributed by atoms with Gasteiger partial charge in [0.1, 0.15) is 6.61 Å². The third-order valence-corrected chi connectivity index (χ3v) is 5.88. The molecule has 2 aromatic rings. The standard InChI is InChI=1S/C20H26N2O3S/c1-20(24)10-11-22(13-15-7-4-3-5-8-15)18(16-9-6-12-26-16)19(20)21-17(23)14-25-2/h3-9,12,18-19,24H,10-11,13-14H2,1-2H3,(H,21,23). The Labute approximate surface area is 158 Å². The van der Waals surface area contributed by atoms with Crippen molar-refractivity contribution in [3.05, 3.63) is 58.3 Å². The lowest BCUT2D eigenvalue weighted by atomic mass is 9.81. The van der Waals surface area contributed by atoms with Gasteiger partial charge in [0, 0.05) is 25.1 Å². The highest BCUT2D eigenvalue weighted by molar-refractivity contribution is 7.10. The molecule has 0 saturated carbocycles. The van der Waals surface area contributed by atoms with E-state index < -0.39 is 11.6 Å². The maximum Gasteiger partial charge on any atom is 0.246 e. The molecule has 3 unspecified atom stereocenters. The molecule has 3 atom stereocenters. The van der Waals surface area contributed by atoms with Crippen LogP contribution >= 0.6 is 11.3 Å². The van der Waals surface area contributed by atoms with Crippen LogP contribution in [0.5, 0.6) is 0 Å². The zero-order valence-corrected chi connectivity index (χ0v) is 16.0. The minimum Gasteiger partial charge on any atom is -0.388 e. The van der Waals surface area contributed by atoms with Crippen molar-refractivity contribution in [1.82, 2.24) is 10.2 Å². The van der Waals surface area contributed by atoms with Crippen LogP contribution in [0.25, 0.3) is 0 Å². The fourth-order valence-corrected chi connectivity index (χ4v) is 4.49. The highest BCUT2D eigenvalue weighted by Crippen LogP contribution is 2.39. The number of aliphatic hydroxyl groups is 1. The Morgan fingerprint density at radius 3 is 2.77 bits per heavy atom. The number of rotatable bonds is 6. The number of piperidine rings is 1. The Morgan fingerprint density at radius 1 is 1.35 bits per heavy atom. The second-order valence-corrected chi connectivity index (χ2v) is 7.98. The van der Waals surface area contributed by atoms with Crippen molar-refractivity contribution in [3.63, 3.8) is 0 Å². The predicted octanol–water partition coefficient (Wildman–Crippen LogP) is 2.58. The van der Waals surface area contributed by atoms with Crippen molar-refractivity contribution in [2.45, 2.75) is 37.6 Å². The van der Waals surface area contributed by atoms with E-state index in [1.807, 2.05) is 36.6 Å². The molecule has 1 amide bonds. The molecule has 2 heterocycles. The topological polar surface area (TPSA) is 61.8 Å². The van der Waals surface area contributed by atoms with Gasteiger partial charge in [-0.25, -0.2) is 0 Å². The van der Waals surface area contributed by atoms with E-state index >= 15 is 0 Å². The maximum absolute atomic E-state index is 12.2. The van der Waals surface area contributed by atoms with Gasteiger partial charge in [-0.2, -0.15) is 0 Å². The number of carbonyl (C=O) groups excluding carboxylic acids is 1. The summed E-state index contributed by atoms with van der Waals surface area (Å²) in [6.07, 6.45) is 0.597. The van der Waals surface area contributed by atoms with E-state index in [1.54, 1.807) is 11.3 Å². The molecule has 1 fully saturated rings. The maximum atomic E-state index is 12.2. The molecule has 2 N–H and O–H groups in total. The summed E-state index contributed by atoms with van der Waals surface area (Å²) < 4.78 is 4.96. The van der Waals surface area contributed by atoms with Gasteiger partial charge in [0.15, 0.2) is 0 Å². The molecular formula is C20H26N2O3S. The fourth-order valence-electron chi connectivity index (χ4n) is 3.60. The monoisotopic (exact) mass is 374 g/mol. The van der Waals surface area contributed by atoms with E-state index in [0.717, 1.165) is 18.0 Å². The zero-order chi connectivity index (χ0) is 18.6. The molecule has 1 aliphatic heterocycles. The molecule has 6 heteroatoms. The average Bonchev–Trinajstić information content (AvgIpc) is 3.13. The van der Waals surface area contributed by atoms with Gasteiger partial charge in [-0.15, -0.1) is 11.3 Å². The summed E-state index contributed by atoms with van der Waals surface area (Å²) in [6.45, 7) is 3.34. The van der Waals surface area contributed by atoms with Gasteiger partial charge in [-0.05, 0) is 30.4 Å². The lowest BCUT2D eigenvalue weighted by molar-refractivity contribution is -0.132. The van der Waals surface area contributed by atoms with Gasteiger partial charge in [0.25, 0.3) is 0 Å². The van der Waals surface area contributed by atoms with Gasteiger partial charge < -0.3 is 15.2 Å². The Hall–Kier alpha value is -1.73. The Kier molecular flexibility index (Phi) is 6.09. The highest BCUT2D eigenvalue weighted by Gasteiger charge is 2.46. The smallest absolute Gasteiger partial charge is 0.246 e. The molecule has 140 valence electrons. The van der Waals surface area contributed by atoms with Gasteiger partial charge >= 0.3 is 0 Å². The quantitative estimate of drug-likeness (QED) is 0.816. The van der Waals surface area contributed by atoms with E-state index in [-0.39, 0.29) is 18.6 Å². The number of hydrogen-bond acceptors (Lipinski definition) is 5. The van der Waals surface area contributed by atoms with Gasteiger partial charge in [-0.3, -0.25) is 9.69 Å². The number of benzene rings is 1.